The normalized spacial score (nSPS) is 25.2. The predicted molar refractivity (Wildman–Crippen MR) is 89.1 cm³/mol. The number of benzene rings is 1. The van der Waals surface area contributed by atoms with E-state index in [0.717, 1.165) is 24.4 Å². The molecule has 0 aliphatic heterocycles. The first kappa shape index (κ1) is 15.3. The Labute approximate surface area is 132 Å². The van der Waals surface area contributed by atoms with Crippen LogP contribution in [0.25, 0.3) is 0 Å². The van der Waals surface area contributed by atoms with Crippen LogP contribution in [0.5, 0.6) is 0 Å². The number of amides is 1. The quantitative estimate of drug-likeness (QED) is 0.840. The molecule has 0 aromatic heterocycles. The first-order chi connectivity index (χ1) is 10.7. The Morgan fingerprint density at radius 3 is 2.45 bits per heavy atom. The predicted octanol–water partition coefficient (Wildman–Crippen LogP) is 3.79. The molecule has 0 bridgehead atoms. The van der Waals surface area contributed by atoms with E-state index in [4.69, 9.17) is 4.74 Å². The SMILES string of the molecule is CCO[C@H]1C[C@@H](Nc2ccc(NC(=O)CC)cc2)C12CCC2. The van der Waals surface area contributed by atoms with Gasteiger partial charge in [-0.3, -0.25) is 4.79 Å². The van der Waals surface area contributed by atoms with Gasteiger partial charge in [0, 0.05) is 35.9 Å². The van der Waals surface area contributed by atoms with E-state index in [2.05, 4.69) is 17.6 Å². The molecule has 1 aromatic rings. The molecule has 4 heteroatoms. The van der Waals surface area contributed by atoms with Gasteiger partial charge in [-0.05, 0) is 50.5 Å². The summed E-state index contributed by atoms with van der Waals surface area (Å²) in [4.78, 5) is 11.4. The molecule has 120 valence electrons. The van der Waals surface area contributed by atoms with Gasteiger partial charge in [-0.15, -0.1) is 0 Å². The maximum absolute atomic E-state index is 11.4. The molecular formula is C18H26N2O2. The fourth-order valence-corrected chi connectivity index (χ4v) is 3.74. The molecule has 0 radical (unpaired) electrons. The van der Waals surface area contributed by atoms with Crippen molar-refractivity contribution in [1.29, 1.82) is 0 Å². The highest BCUT2D eigenvalue weighted by molar-refractivity contribution is 5.90. The van der Waals surface area contributed by atoms with E-state index < -0.39 is 0 Å². The molecule has 22 heavy (non-hydrogen) atoms. The summed E-state index contributed by atoms with van der Waals surface area (Å²) in [5.41, 5.74) is 2.35. The lowest BCUT2D eigenvalue weighted by atomic mass is 9.51. The minimum absolute atomic E-state index is 0.0488. The van der Waals surface area contributed by atoms with Crippen LogP contribution in [0.3, 0.4) is 0 Å². The van der Waals surface area contributed by atoms with Crippen LogP contribution in [0.15, 0.2) is 24.3 Å². The van der Waals surface area contributed by atoms with Crippen molar-refractivity contribution in [1.82, 2.24) is 0 Å². The monoisotopic (exact) mass is 302 g/mol. The van der Waals surface area contributed by atoms with Gasteiger partial charge in [0.25, 0.3) is 0 Å². The number of hydrogen-bond donors (Lipinski definition) is 2. The number of ether oxygens (including phenoxy) is 1. The maximum atomic E-state index is 11.4. The third kappa shape index (κ3) is 2.72. The number of carbonyl (C=O) groups excluding carboxylic acids is 1. The fraction of sp³-hybridized carbons (Fsp3) is 0.611. The topological polar surface area (TPSA) is 50.4 Å². The van der Waals surface area contributed by atoms with Crippen LogP contribution < -0.4 is 10.6 Å². The van der Waals surface area contributed by atoms with E-state index in [9.17, 15) is 4.79 Å². The van der Waals surface area contributed by atoms with Crippen LogP contribution >= 0.6 is 0 Å². The molecule has 3 rings (SSSR count). The molecule has 0 saturated heterocycles. The molecule has 0 unspecified atom stereocenters. The first-order valence-electron chi connectivity index (χ1n) is 8.46. The van der Waals surface area contributed by atoms with Crippen molar-refractivity contribution in [3.8, 4) is 0 Å². The van der Waals surface area contributed by atoms with Crippen LogP contribution in [0, 0.1) is 5.41 Å². The summed E-state index contributed by atoms with van der Waals surface area (Å²) in [7, 11) is 0. The molecule has 0 heterocycles. The van der Waals surface area contributed by atoms with Crippen LogP contribution in [-0.2, 0) is 9.53 Å². The smallest absolute Gasteiger partial charge is 0.224 e. The summed E-state index contributed by atoms with van der Waals surface area (Å²) in [5.74, 6) is 0.0488. The molecule has 2 aliphatic rings. The van der Waals surface area contributed by atoms with Crippen molar-refractivity contribution in [3.63, 3.8) is 0 Å². The number of rotatable bonds is 6. The molecule has 1 aromatic carbocycles. The number of carbonyl (C=O) groups is 1. The van der Waals surface area contributed by atoms with E-state index >= 15 is 0 Å². The second kappa shape index (κ2) is 6.29. The molecular weight excluding hydrogens is 276 g/mol. The van der Waals surface area contributed by atoms with Gasteiger partial charge in [-0.1, -0.05) is 13.3 Å². The highest BCUT2D eigenvalue weighted by Gasteiger charge is 2.58. The Balaban J connectivity index is 1.59. The summed E-state index contributed by atoms with van der Waals surface area (Å²) >= 11 is 0. The zero-order valence-corrected chi connectivity index (χ0v) is 13.5. The summed E-state index contributed by atoms with van der Waals surface area (Å²) in [6, 6.07) is 8.54. The average Bonchev–Trinajstić information content (AvgIpc) is 2.46. The van der Waals surface area contributed by atoms with Crippen molar-refractivity contribution < 1.29 is 9.53 Å². The van der Waals surface area contributed by atoms with Crippen molar-refractivity contribution >= 4 is 17.3 Å². The Bertz CT molecular complexity index is 522. The second-order valence-corrected chi connectivity index (χ2v) is 6.44. The van der Waals surface area contributed by atoms with Gasteiger partial charge < -0.3 is 15.4 Å². The lowest BCUT2D eigenvalue weighted by molar-refractivity contribution is -0.157. The van der Waals surface area contributed by atoms with Gasteiger partial charge in [0.1, 0.15) is 0 Å². The van der Waals surface area contributed by atoms with E-state index in [-0.39, 0.29) is 5.91 Å². The lowest BCUT2D eigenvalue weighted by Gasteiger charge is -2.61. The molecule has 4 nitrogen and oxygen atoms in total. The lowest BCUT2D eigenvalue weighted by Crippen LogP contribution is -2.64. The van der Waals surface area contributed by atoms with Crippen LogP contribution in [-0.4, -0.2) is 24.7 Å². The highest BCUT2D eigenvalue weighted by atomic mass is 16.5. The minimum Gasteiger partial charge on any atom is -0.382 e. The molecule has 2 saturated carbocycles. The fourth-order valence-electron chi connectivity index (χ4n) is 3.74. The highest BCUT2D eigenvalue weighted by Crippen LogP contribution is 2.58. The second-order valence-electron chi connectivity index (χ2n) is 6.44. The van der Waals surface area contributed by atoms with Gasteiger partial charge in [-0.2, -0.15) is 0 Å². The largest absolute Gasteiger partial charge is 0.382 e. The first-order valence-corrected chi connectivity index (χ1v) is 8.46. The molecule has 1 spiro atoms. The molecule has 1 amide bonds. The number of anilines is 2. The zero-order valence-electron chi connectivity index (χ0n) is 13.5. The van der Waals surface area contributed by atoms with Gasteiger partial charge in [0.2, 0.25) is 5.91 Å². The van der Waals surface area contributed by atoms with Crippen molar-refractivity contribution in [2.75, 3.05) is 17.2 Å². The van der Waals surface area contributed by atoms with Crippen molar-refractivity contribution in [3.05, 3.63) is 24.3 Å². The van der Waals surface area contributed by atoms with Crippen molar-refractivity contribution in [2.45, 2.75) is 58.1 Å². The summed E-state index contributed by atoms with van der Waals surface area (Å²) in [6.45, 7) is 4.75. The standard InChI is InChI=1S/C18H26N2O2/c1-3-17(21)20-14-8-6-13(7-9-14)19-15-12-16(22-4-2)18(15)10-5-11-18/h6-9,15-16,19H,3-5,10-12H2,1-2H3,(H,20,21)/t15-,16+/m1/s1. The third-order valence-electron chi connectivity index (χ3n) is 5.27. The van der Waals surface area contributed by atoms with Crippen molar-refractivity contribution in [2.24, 2.45) is 5.41 Å². The van der Waals surface area contributed by atoms with Gasteiger partial charge in [0.15, 0.2) is 0 Å². The number of hydrogen-bond acceptors (Lipinski definition) is 3. The minimum atomic E-state index is 0.0488. The van der Waals surface area contributed by atoms with E-state index in [1.165, 1.54) is 19.3 Å². The zero-order chi connectivity index (χ0) is 15.6. The maximum Gasteiger partial charge on any atom is 0.224 e. The summed E-state index contributed by atoms with van der Waals surface area (Å²) in [6.07, 6.45) is 5.92. The average molecular weight is 302 g/mol. The molecule has 2 atom stereocenters. The molecule has 2 aliphatic carbocycles. The van der Waals surface area contributed by atoms with E-state index in [1.54, 1.807) is 0 Å². The van der Waals surface area contributed by atoms with Crippen LogP contribution in [0.1, 0.15) is 46.0 Å². The Kier molecular flexibility index (Phi) is 4.39. The molecule has 2 fully saturated rings. The molecule has 2 N–H and O–H groups in total. The Hall–Kier alpha value is -1.55. The van der Waals surface area contributed by atoms with Gasteiger partial charge in [-0.25, -0.2) is 0 Å². The van der Waals surface area contributed by atoms with E-state index in [0.29, 0.717) is 24.0 Å². The Morgan fingerprint density at radius 2 is 1.91 bits per heavy atom. The summed E-state index contributed by atoms with van der Waals surface area (Å²) < 4.78 is 5.89. The van der Waals surface area contributed by atoms with Crippen LogP contribution in [0.2, 0.25) is 0 Å². The summed E-state index contributed by atoms with van der Waals surface area (Å²) in [5, 5.41) is 6.54. The third-order valence-corrected chi connectivity index (χ3v) is 5.27. The van der Waals surface area contributed by atoms with Gasteiger partial charge >= 0.3 is 0 Å². The van der Waals surface area contributed by atoms with E-state index in [1.807, 2.05) is 31.2 Å². The van der Waals surface area contributed by atoms with Gasteiger partial charge in [0.05, 0.1) is 6.10 Å². The van der Waals surface area contributed by atoms with Crippen LogP contribution in [0.4, 0.5) is 11.4 Å². The number of nitrogens with one attached hydrogen (secondary N) is 2. The Morgan fingerprint density at radius 1 is 1.23 bits per heavy atom.